The molecule has 8 nitrogen and oxygen atoms in total. The lowest BCUT2D eigenvalue weighted by Crippen LogP contribution is -2.23. The number of rotatable bonds is 8. The van der Waals surface area contributed by atoms with Crippen LogP contribution in [0.1, 0.15) is 16.1 Å². The Kier molecular flexibility index (Phi) is 6.15. The minimum Gasteiger partial charge on any atom is -0.487 e. The smallest absolute Gasteiger partial charge is 0.419 e. The third kappa shape index (κ3) is 5.01. The number of fused-ring (bicyclic) bond motifs is 1. The van der Waals surface area contributed by atoms with Gasteiger partial charge in [0.25, 0.3) is 5.91 Å². The number of aromatic nitrogens is 2. The van der Waals surface area contributed by atoms with Gasteiger partial charge in [-0.15, -0.1) is 11.3 Å². The summed E-state index contributed by atoms with van der Waals surface area (Å²) in [5.41, 5.74) is 4.76. The molecule has 0 unspecified atom stereocenters. The lowest BCUT2D eigenvalue weighted by Gasteiger charge is -2.10. The number of oxazole rings is 1. The number of benzene rings is 2. The molecule has 0 atom stereocenters. The van der Waals surface area contributed by atoms with Crippen molar-refractivity contribution in [2.24, 2.45) is 0 Å². The molecule has 0 saturated carbocycles. The van der Waals surface area contributed by atoms with Crippen LogP contribution in [-0.2, 0) is 13.2 Å². The fourth-order valence-corrected chi connectivity index (χ4v) is 3.59. The zero-order valence-electron chi connectivity index (χ0n) is 17.2. The van der Waals surface area contributed by atoms with Gasteiger partial charge in [-0.05, 0) is 50.5 Å². The van der Waals surface area contributed by atoms with Crippen LogP contribution in [0.2, 0.25) is 0 Å². The molecule has 1 N–H and O–H groups in total. The number of nitrogens with zero attached hydrogens (tertiary/aromatic N) is 3. The van der Waals surface area contributed by atoms with Gasteiger partial charge in [0.15, 0.2) is 5.58 Å². The summed E-state index contributed by atoms with van der Waals surface area (Å²) in [6.07, 6.45) is 0. The number of ether oxygens (including phenoxy) is 1. The first-order chi connectivity index (χ1) is 15.0. The number of hydrogen-bond donors (Lipinski definition) is 1. The average molecular weight is 439 g/mol. The fraction of sp³-hybridized carbons (Fsp3) is 0.227. The summed E-state index contributed by atoms with van der Waals surface area (Å²) in [5.74, 6) is -0.0992. The highest BCUT2D eigenvalue weighted by atomic mass is 32.1. The van der Waals surface area contributed by atoms with E-state index in [1.807, 2.05) is 24.4 Å². The molecule has 2 aromatic heterocycles. The van der Waals surface area contributed by atoms with E-state index in [1.54, 1.807) is 52.5 Å². The molecule has 0 bridgehead atoms. The molecule has 9 heteroatoms. The number of carbonyl (C=O) groups excluding carboxylic acids is 1. The van der Waals surface area contributed by atoms with E-state index < -0.39 is 5.76 Å². The second-order valence-corrected chi connectivity index (χ2v) is 7.97. The number of anilines is 1. The average Bonchev–Trinajstić information content (AvgIpc) is 3.38. The molecule has 0 aliphatic carbocycles. The highest BCUT2D eigenvalue weighted by molar-refractivity contribution is 7.07. The Hall–Kier alpha value is -3.43. The molecule has 0 aliphatic rings. The van der Waals surface area contributed by atoms with Crippen LogP contribution in [0, 0.1) is 0 Å². The first kappa shape index (κ1) is 20.8. The Morgan fingerprint density at radius 3 is 2.90 bits per heavy atom. The summed E-state index contributed by atoms with van der Waals surface area (Å²) in [4.78, 5) is 31.1. The first-order valence-corrected chi connectivity index (χ1v) is 10.6. The largest absolute Gasteiger partial charge is 0.487 e. The highest BCUT2D eigenvalue weighted by Gasteiger charge is 2.13. The van der Waals surface area contributed by atoms with Crippen molar-refractivity contribution in [3.05, 3.63) is 75.2 Å². The zero-order chi connectivity index (χ0) is 21.8. The van der Waals surface area contributed by atoms with Gasteiger partial charge in [0.2, 0.25) is 0 Å². The number of thiazole rings is 1. The Balaban J connectivity index is 1.49. The van der Waals surface area contributed by atoms with Crippen LogP contribution in [0.4, 0.5) is 5.69 Å². The van der Waals surface area contributed by atoms with E-state index in [4.69, 9.17) is 9.15 Å². The lowest BCUT2D eigenvalue weighted by atomic mass is 10.2. The normalized spacial score (nSPS) is 11.2. The van der Waals surface area contributed by atoms with Gasteiger partial charge in [-0.2, -0.15) is 0 Å². The Labute approximate surface area is 182 Å². The number of likely N-dealkylation sites (N-methyl/N-ethyl adjacent to an activating group) is 1. The van der Waals surface area contributed by atoms with Crippen LogP contribution in [0.3, 0.4) is 0 Å². The van der Waals surface area contributed by atoms with Gasteiger partial charge in [0, 0.05) is 29.7 Å². The van der Waals surface area contributed by atoms with E-state index >= 15 is 0 Å². The summed E-state index contributed by atoms with van der Waals surface area (Å²) >= 11 is 1.51. The van der Waals surface area contributed by atoms with E-state index in [1.165, 1.54) is 11.3 Å². The second-order valence-electron chi connectivity index (χ2n) is 7.26. The number of amides is 1. The van der Waals surface area contributed by atoms with Gasteiger partial charge >= 0.3 is 5.76 Å². The van der Waals surface area contributed by atoms with E-state index in [9.17, 15) is 9.59 Å². The molecular weight excluding hydrogens is 416 g/mol. The third-order valence-electron chi connectivity index (χ3n) is 4.66. The Morgan fingerprint density at radius 2 is 2.13 bits per heavy atom. The van der Waals surface area contributed by atoms with E-state index in [-0.39, 0.29) is 5.91 Å². The van der Waals surface area contributed by atoms with Crippen molar-refractivity contribution >= 4 is 34.0 Å². The quantitative estimate of drug-likeness (QED) is 0.453. The lowest BCUT2D eigenvalue weighted by molar-refractivity contribution is 0.102. The van der Waals surface area contributed by atoms with Gasteiger partial charge in [-0.3, -0.25) is 9.36 Å². The topological polar surface area (TPSA) is 89.6 Å². The summed E-state index contributed by atoms with van der Waals surface area (Å²) in [6, 6.07) is 12.1. The van der Waals surface area contributed by atoms with Crippen LogP contribution in [-0.4, -0.2) is 41.0 Å². The SMILES string of the molecule is CN(C)CCn1c(=O)oc2ccc(NC(=O)c3cccc(OCc4cscn4)c3)cc21. The minimum atomic E-state index is -0.412. The third-order valence-corrected chi connectivity index (χ3v) is 5.30. The molecule has 0 spiro atoms. The fourth-order valence-electron chi connectivity index (χ4n) is 3.05. The molecule has 0 aliphatic heterocycles. The first-order valence-electron chi connectivity index (χ1n) is 9.69. The van der Waals surface area contributed by atoms with Crippen molar-refractivity contribution in [3.8, 4) is 5.75 Å². The summed E-state index contributed by atoms with van der Waals surface area (Å²) in [7, 11) is 3.88. The standard InChI is InChI=1S/C22H22N4O4S/c1-25(2)8-9-26-19-11-16(6-7-20(19)30-22(26)28)24-21(27)15-4-3-5-18(10-15)29-12-17-13-31-14-23-17/h3-7,10-11,13-14H,8-9,12H2,1-2H3,(H,24,27). The molecule has 0 fully saturated rings. The maximum absolute atomic E-state index is 12.8. The van der Waals surface area contributed by atoms with E-state index in [0.717, 1.165) is 5.69 Å². The molecule has 2 heterocycles. The van der Waals surface area contributed by atoms with Crippen LogP contribution >= 0.6 is 11.3 Å². The van der Waals surface area contributed by atoms with Crippen molar-refractivity contribution in [3.63, 3.8) is 0 Å². The Morgan fingerprint density at radius 1 is 1.26 bits per heavy atom. The minimum absolute atomic E-state index is 0.274. The van der Waals surface area contributed by atoms with Crippen molar-refractivity contribution < 1.29 is 13.9 Å². The second kappa shape index (κ2) is 9.15. The van der Waals surface area contributed by atoms with Gasteiger partial charge in [-0.1, -0.05) is 6.07 Å². The predicted molar refractivity (Wildman–Crippen MR) is 120 cm³/mol. The van der Waals surface area contributed by atoms with Gasteiger partial charge < -0.3 is 19.4 Å². The molecule has 4 rings (SSSR count). The number of hydrogen-bond acceptors (Lipinski definition) is 7. The van der Waals surface area contributed by atoms with Gasteiger partial charge in [0.05, 0.1) is 16.7 Å². The molecule has 2 aromatic carbocycles. The molecule has 0 radical (unpaired) electrons. The predicted octanol–water partition coefficient (Wildman–Crippen LogP) is 3.44. The van der Waals surface area contributed by atoms with Crippen molar-refractivity contribution in [2.75, 3.05) is 26.0 Å². The van der Waals surface area contributed by atoms with Crippen molar-refractivity contribution in [1.29, 1.82) is 0 Å². The Bertz CT molecular complexity index is 1240. The van der Waals surface area contributed by atoms with Gasteiger partial charge in [-0.25, -0.2) is 9.78 Å². The summed E-state index contributed by atoms with van der Waals surface area (Å²) < 4.78 is 12.6. The molecule has 31 heavy (non-hydrogen) atoms. The van der Waals surface area contributed by atoms with Crippen LogP contribution in [0.5, 0.6) is 5.75 Å². The van der Waals surface area contributed by atoms with Crippen LogP contribution < -0.4 is 15.8 Å². The van der Waals surface area contributed by atoms with Crippen LogP contribution in [0.15, 0.2) is 62.6 Å². The summed E-state index contributed by atoms with van der Waals surface area (Å²) in [5, 5.41) is 4.79. The van der Waals surface area contributed by atoms with Crippen molar-refractivity contribution in [1.82, 2.24) is 14.5 Å². The highest BCUT2D eigenvalue weighted by Crippen LogP contribution is 2.21. The van der Waals surface area contributed by atoms with Crippen molar-refractivity contribution in [2.45, 2.75) is 13.2 Å². The molecule has 4 aromatic rings. The maximum Gasteiger partial charge on any atom is 0.419 e. The molecule has 0 saturated heterocycles. The summed E-state index contributed by atoms with van der Waals surface area (Å²) in [6.45, 7) is 1.53. The molecule has 160 valence electrons. The monoisotopic (exact) mass is 438 g/mol. The molecular formula is C22H22N4O4S. The number of carbonyl (C=O) groups is 1. The van der Waals surface area contributed by atoms with Gasteiger partial charge in [0.1, 0.15) is 12.4 Å². The molecule has 1 amide bonds. The maximum atomic E-state index is 12.8. The van der Waals surface area contributed by atoms with Crippen LogP contribution in [0.25, 0.3) is 11.1 Å². The van der Waals surface area contributed by atoms with E-state index in [0.29, 0.717) is 47.8 Å². The van der Waals surface area contributed by atoms with E-state index in [2.05, 4.69) is 10.3 Å². The number of nitrogens with one attached hydrogen (secondary N) is 1. The zero-order valence-corrected chi connectivity index (χ0v) is 18.0.